The molecule has 0 aliphatic heterocycles. The Hall–Kier alpha value is -3.39. The van der Waals surface area contributed by atoms with E-state index in [4.69, 9.17) is 9.15 Å². The van der Waals surface area contributed by atoms with Crippen molar-refractivity contribution in [3.63, 3.8) is 0 Å². The number of rotatable bonds is 5. The first-order valence-corrected chi connectivity index (χ1v) is 8.94. The standard InChI is InChI=1S/C19H15N3O4S/c1-25-12-5-7-14-16(10-12)27-19(20-14)21-18(24)15-8-6-13(26-15)11-22-9-3-2-4-17(22)23/h2-10H,11H2,1H3,(H,20,21,24). The highest BCUT2D eigenvalue weighted by Crippen LogP contribution is 2.29. The molecule has 1 aromatic carbocycles. The topological polar surface area (TPSA) is 86.4 Å². The van der Waals surface area contributed by atoms with E-state index in [9.17, 15) is 9.59 Å². The third-order valence-electron chi connectivity index (χ3n) is 3.93. The van der Waals surface area contributed by atoms with Gasteiger partial charge in [-0.15, -0.1) is 0 Å². The van der Waals surface area contributed by atoms with E-state index in [0.717, 1.165) is 16.0 Å². The average Bonchev–Trinajstić information content (AvgIpc) is 3.29. The molecule has 0 radical (unpaired) electrons. The highest BCUT2D eigenvalue weighted by atomic mass is 32.1. The van der Waals surface area contributed by atoms with Crippen molar-refractivity contribution in [3.8, 4) is 5.75 Å². The van der Waals surface area contributed by atoms with Crippen LogP contribution >= 0.6 is 11.3 Å². The number of carbonyl (C=O) groups is 1. The van der Waals surface area contributed by atoms with Gasteiger partial charge in [-0.2, -0.15) is 0 Å². The van der Waals surface area contributed by atoms with E-state index in [1.54, 1.807) is 37.6 Å². The number of pyridine rings is 1. The van der Waals surface area contributed by atoms with E-state index in [1.807, 2.05) is 18.2 Å². The van der Waals surface area contributed by atoms with Gasteiger partial charge < -0.3 is 13.7 Å². The van der Waals surface area contributed by atoms with Crippen molar-refractivity contribution in [2.24, 2.45) is 0 Å². The van der Waals surface area contributed by atoms with Gasteiger partial charge in [0.05, 0.1) is 23.9 Å². The number of carbonyl (C=O) groups excluding carboxylic acids is 1. The Labute approximate surface area is 157 Å². The monoisotopic (exact) mass is 381 g/mol. The van der Waals surface area contributed by atoms with Crippen LogP contribution in [0.4, 0.5) is 5.13 Å². The Bertz CT molecular complexity index is 1170. The number of aromatic nitrogens is 2. The van der Waals surface area contributed by atoms with Crippen molar-refractivity contribution < 1.29 is 13.9 Å². The smallest absolute Gasteiger partial charge is 0.293 e. The minimum absolute atomic E-state index is 0.134. The van der Waals surface area contributed by atoms with Crippen LogP contribution in [-0.2, 0) is 6.54 Å². The SMILES string of the molecule is COc1ccc2nc(NC(=O)c3ccc(Cn4ccccc4=O)o3)sc2c1. The third kappa shape index (κ3) is 3.61. The molecule has 3 aromatic heterocycles. The molecule has 0 saturated heterocycles. The number of methoxy groups -OCH3 is 1. The number of thiazole rings is 1. The summed E-state index contributed by atoms with van der Waals surface area (Å²) in [6.45, 7) is 0.258. The van der Waals surface area contributed by atoms with Gasteiger partial charge in [-0.05, 0) is 36.4 Å². The molecule has 0 unspecified atom stereocenters. The van der Waals surface area contributed by atoms with Gasteiger partial charge in [0.1, 0.15) is 11.5 Å². The highest BCUT2D eigenvalue weighted by molar-refractivity contribution is 7.22. The van der Waals surface area contributed by atoms with Crippen molar-refractivity contribution in [3.05, 3.63) is 76.6 Å². The molecular weight excluding hydrogens is 366 g/mol. The van der Waals surface area contributed by atoms with Gasteiger partial charge in [-0.1, -0.05) is 17.4 Å². The summed E-state index contributed by atoms with van der Waals surface area (Å²) in [6, 6.07) is 13.7. The van der Waals surface area contributed by atoms with Crippen molar-refractivity contribution in [2.75, 3.05) is 12.4 Å². The van der Waals surface area contributed by atoms with Gasteiger partial charge in [0.2, 0.25) is 0 Å². The summed E-state index contributed by atoms with van der Waals surface area (Å²) >= 11 is 1.35. The number of hydrogen-bond donors (Lipinski definition) is 1. The lowest BCUT2D eigenvalue weighted by Gasteiger charge is -2.02. The fraction of sp³-hybridized carbons (Fsp3) is 0.105. The molecule has 8 heteroatoms. The minimum atomic E-state index is -0.396. The second-order valence-corrected chi connectivity index (χ2v) is 6.77. The van der Waals surface area contributed by atoms with Crippen LogP contribution in [-0.4, -0.2) is 22.6 Å². The second-order valence-electron chi connectivity index (χ2n) is 5.74. The summed E-state index contributed by atoms with van der Waals surface area (Å²) in [6.07, 6.45) is 1.67. The average molecular weight is 381 g/mol. The molecule has 4 aromatic rings. The van der Waals surface area contributed by atoms with Crippen LogP contribution in [0.1, 0.15) is 16.3 Å². The lowest BCUT2D eigenvalue weighted by molar-refractivity contribution is 0.0994. The Kier molecular flexibility index (Phi) is 4.47. The van der Waals surface area contributed by atoms with Crippen molar-refractivity contribution in [2.45, 2.75) is 6.54 Å². The van der Waals surface area contributed by atoms with Crippen LogP contribution in [0.5, 0.6) is 5.75 Å². The molecule has 1 amide bonds. The number of anilines is 1. The lowest BCUT2D eigenvalue weighted by atomic mass is 10.3. The first kappa shape index (κ1) is 17.0. The molecule has 0 fully saturated rings. The van der Waals surface area contributed by atoms with E-state index in [1.165, 1.54) is 22.0 Å². The summed E-state index contributed by atoms with van der Waals surface area (Å²) in [7, 11) is 1.60. The van der Waals surface area contributed by atoms with Crippen molar-refractivity contribution in [1.82, 2.24) is 9.55 Å². The van der Waals surface area contributed by atoms with Crippen LogP contribution in [0.25, 0.3) is 10.2 Å². The number of amides is 1. The molecule has 3 heterocycles. The number of benzene rings is 1. The molecule has 4 rings (SSSR count). The summed E-state index contributed by atoms with van der Waals surface area (Å²) in [5, 5.41) is 3.21. The fourth-order valence-electron chi connectivity index (χ4n) is 2.59. The molecule has 0 spiro atoms. The van der Waals surface area contributed by atoms with E-state index in [-0.39, 0.29) is 17.9 Å². The van der Waals surface area contributed by atoms with Gasteiger partial charge in [0.15, 0.2) is 10.9 Å². The first-order valence-electron chi connectivity index (χ1n) is 8.12. The normalized spacial score (nSPS) is 10.9. The van der Waals surface area contributed by atoms with Crippen LogP contribution < -0.4 is 15.6 Å². The molecule has 0 bridgehead atoms. The van der Waals surface area contributed by atoms with E-state index >= 15 is 0 Å². The van der Waals surface area contributed by atoms with Crippen molar-refractivity contribution in [1.29, 1.82) is 0 Å². The Morgan fingerprint density at radius 3 is 2.96 bits per heavy atom. The molecule has 7 nitrogen and oxygen atoms in total. The number of furan rings is 1. The Balaban J connectivity index is 1.49. The molecule has 0 aliphatic rings. The second kappa shape index (κ2) is 7.08. The highest BCUT2D eigenvalue weighted by Gasteiger charge is 2.14. The Morgan fingerprint density at radius 2 is 2.15 bits per heavy atom. The van der Waals surface area contributed by atoms with Gasteiger partial charge in [0.25, 0.3) is 11.5 Å². The fourth-order valence-corrected chi connectivity index (χ4v) is 3.48. The molecule has 0 saturated carbocycles. The number of nitrogens with zero attached hydrogens (tertiary/aromatic N) is 2. The molecular formula is C19H15N3O4S. The lowest BCUT2D eigenvalue weighted by Crippen LogP contribution is -2.18. The summed E-state index contributed by atoms with van der Waals surface area (Å²) < 4.78 is 13.2. The Morgan fingerprint density at radius 1 is 1.26 bits per heavy atom. The molecule has 136 valence electrons. The number of hydrogen-bond acceptors (Lipinski definition) is 6. The maximum atomic E-state index is 12.4. The summed E-state index contributed by atoms with van der Waals surface area (Å²) in [4.78, 5) is 28.6. The van der Waals surface area contributed by atoms with Crippen LogP contribution in [0.3, 0.4) is 0 Å². The third-order valence-corrected chi connectivity index (χ3v) is 4.86. The maximum absolute atomic E-state index is 12.4. The largest absolute Gasteiger partial charge is 0.497 e. The van der Waals surface area contributed by atoms with Crippen molar-refractivity contribution >= 4 is 32.6 Å². The molecule has 0 aliphatic carbocycles. The zero-order valence-corrected chi connectivity index (χ0v) is 15.2. The maximum Gasteiger partial charge on any atom is 0.293 e. The van der Waals surface area contributed by atoms with Crippen LogP contribution in [0, 0.1) is 0 Å². The predicted molar refractivity (Wildman–Crippen MR) is 103 cm³/mol. The van der Waals surface area contributed by atoms with E-state index < -0.39 is 5.91 Å². The van der Waals surface area contributed by atoms with E-state index in [2.05, 4.69) is 10.3 Å². The molecule has 0 atom stereocenters. The quantitative estimate of drug-likeness (QED) is 0.573. The zero-order valence-electron chi connectivity index (χ0n) is 14.3. The van der Waals surface area contributed by atoms with E-state index in [0.29, 0.717) is 10.9 Å². The zero-order chi connectivity index (χ0) is 18.8. The summed E-state index contributed by atoms with van der Waals surface area (Å²) in [5.41, 5.74) is 0.643. The first-order chi connectivity index (χ1) is 13.1. The van der Waals surface area contributed by atoms with Gasteiger partial charge in [-0.25, -0.2) is 4.98 Å². The van der Waals surface area contributed by atoms with Gasteiger partial charge in [0, 0.05) is 12.3 Å². The van der Waals surface area contributed by atoms with Crippen LogP contribution in [0.2, 0.25) is 0 Å². The number of nitrogens with one attached hydrogen (secondary N) is 1. The van der Waals surface area contributed by atoms with Gasteiger partial charge in [-0.3, -0.25) is 14.9 Å². The number of ether oxygens (including phenoxy) is 1. The molecule has 27 heavy (non-hydrogen) atoms. The molecule has 1 N–H and O–H groups in total. The predicted octanol–water partition coefficient (Wildman–Crippen LogP) is 3.36. The van der Waals surface area contributed by atoms with Gasteiger partial charge >= 0.3 is 0 Å². The minimum Gasteiger partial charge on any atom is -0.497 e. The number of fused-ring (bicyclic) bond motifs is 1. The summed E-state index contributed by atoms with van der Waals surface area (Å²) in [5.74, 6) is 1.01. The van der Waals surface area contributed by atoms with Crippen LogP contribution in [0.15, 0.2) is 63.9 Å².